The number of hydrogen-bond acceptors (Lipinski definition) is 13. The normalized spacial score (nSPS) is 18.4. The van der Waals surface area contributed by atoms with Crippen LogP contribution in [0.1, 0.15) is 126 Å². The molecule has 386 valence electrons. The molecule has 6 atom stereocenters. The summed E-state index contributed by atoms with van der Waals surface area (Å²) in [5.74, 6) is -5.29. The number of hydrazine groups is 1. The zero-order valence-electron chi connectivity index (χ0n) is 41.5. The van der Waals surface area contributed by atoms with E-state index in [0.29, 0.717) is 19.4 Å². The Morgan fingerprint density at radius 2 is 1.28 bits per heavy atom. The van der Waals surface area contributed by atoms with Gasteiger partial charge in [-0.2, -0.15) is 0 Å². The Bertz CT molecular complexity index is 1560. The zero-order chi connectivity index (χ0) is 51.2. The molecule has 3 rings (SSSR count). The zero-order valence-corrected chi connectivity index (χ0v) is 41.5. The van der Waals surface area contributed by atoms with E-state index >= 15 is 0 Å². The molecule has 6 unspecified atom stereocenters. The highest BCUT2D eigenvalue weighted by Crippen LogP contribution is 2.28. The number of rotatable bonds is 23. The van der Waals surface area contributed by atoms with E-state index in [1.807, 2.05) is 20.8 Å². The molecule has 22 heteroatoms. The lowest BCUT2D eigenvalue weighted by molar-refractivity contribution is -0.145. The lowest BCUT2D eigenvalue weighted by Crippen LogP contribution is -2.56. The van der Waals surface area contributed by atoms with Crippen molar-refractivity contribution in [2.24, 2.45) is 35.1 Å². The van der Waals surface area contributed by atoms with Gasteiger partial charge in [-0.1, -0.05) is 100 Å². The van der Waals surface area contributed by atoms with Gasteiger partial charge in [0.15, 0.2) is 0 Å². The molecule has 0 spiro atoms. The van der Waals surface area contributed by atoms with E-state index in [9.17, 15) is 43.2 Å². The van der Waals surface area contributed by atoms with Crippen molar-refractivity contribution >= 4 is 53.2 Å². The Hall–Kier alpha value is -4.93. The van der Waals surface area contributed by atoms with Crippen LogP contribution in [0.4, 0.5) is 0 Å². The van der Waals surface area contributed by atoms with Crippen LogP contribution >= 0.6 is 0 Å². The molecule has 0 aromatic carbocycles. The highest BCUT2D eigenvalue weighted by Gasteiger charge is 2.49. The second-order valence-electron chi connectivity index (χ2n) is 18.1. The molecule has 1 saturated carbocycles. The van der Waals surface area contributed by atoms with E-state index in [4.69, 9.17) is 21.7 Å². The molecule has 1 aliphatic carbocycles. The van der Waals surface area contributed by atoms with E-state index in [-0.39, 0.29) is 43.7 Å². The van der Waals surface area contributed by atoms with E-state index in [2.05, 4.69) is 64.9 Å². The Morgan fingerprint density at radius 3 is 1.79 bits per heavy atom. The molecule has 0 aromatic heterocycles. The number of aliphatic hydroxyl groups excluding tert-OH is 1. The number of fused-ring (bicyclic) bond motifs is 1. The fourth-order valence-corrected chi connectivity index (χ4v) is 7.41. The minimum Gasteiger partial charge on any atom is -0.480 e. The Labute approximate surface area is 397 Å². The summed E-state index contributed by atoms with van der Waals surface area (Å²) in [4.78, 5) is 114. The smallest absolute Gasteiger partial charge is 0.322 e. The minimum atomic E-state index is -1.22. The summed E-state index contributed by atoms with van der Waals surface area (Å²) in [7, 11) is 1.00. The number of carboxylic acids is 1. The number of aliphatic carboxylic acids is 1. The van der Waals surface area contributed by atoms with Crippen molar-refractivity contribution < 1.29 is 53.4 Å². The molecular formula is C45H85N11O11. The van der Waals surface area contributed by atoms with Crippen LogP contribution in [0.3, 0.4) is 0 Å². The number of carboxylic acid groups (broad SMARTS) is 1. The van der Waals surface area contributed by atoms with Gasteiger partial charge in [0.25, 0.3) is 5.91 Å². The number of unbranched alkanes of at least 4 members (excludes halogenated alkanes) is 1. The van der Waals surface area contributed by atoms with Crippen LogP contribution in [0, 0.1) is 23.7 Å². The van der Waals surface area contributed by atoms with Gasteiger partial charge in [0.05, 0.1) is 19.6 Å². The maximum Gasteiger partial charge on any atom is 0.322 e. The number of carbonyl (C=O) groups excluding carboxylic acids is 8. The summed E-state index contributed by atoms with van der Waals surface area (Å²) in [5.41, 5.74) is 10.5. The summed E-state index contributed by atoms with van der Waals surface area (Å²) >= 11 is 0. The Morgan fingerprint density at radius 1 is 0.731 bits per heavy atom. The molecule has 67 heavy (non-hydrogen) atoms. The van der Waals surface area contributed by atoms with Crippen molar-refractivity contribution in [1.29, 1.82) is 0 Å². The molecule has 22 nitrogen and oxygen atoms in total. The maximum atomic E-state index is 13.4. The van der Waals surface area contributed by atoms with Gasteiger partial charge in [-0.05, 0) is 55.9 Å². The van der Waals surface area contributed by atoms with Gasteiger partial charge >= 0.3 is 5.97 Å². The quantitative estimate of drug-likeness (QED) is 0.0600. The molecule has 3 fully saturated rings. The molecule has 8 amide bonds. The number of nitrogens with one attached hydrogen (secondary N) is 7. The van der Waals surface area contributed by atoms with Gasteiger partial charge in [-0.3, -0.25) is 48.2 Å². The highest BCUT2D eigenvalue weighted by atomic mass is 16.4. The monoisotopic (exact) mass is 956 g/mol. The van der Waals surface area contributed by atoms with Gasteiger partial charge < -0.3 is 58.9 Å². The number of hydrogen-bond donors (Lipinski definition) is 11. The standard InChI is InChI=1S/C36H60N10O10.C4H11N.C4H10.CH4O/c1-5-21(4)31(44-27(47)15-37)35(55)43-25-19-45-12-11-26(46(45)36(25)56)34(54)39-17-29(49)41-23(13-20(2)3)32(52)38-16-28(48)42-24(33(53)40-18-30(50)51)14-22-9-7-6-8-10-22;1-2-3-4-5;1-4(2)3;1-2/h20-26,31H,5-19,37H2,1-4H3,(H,38,52)(H,39,54)(H,40,53)(H,41,49)(H,42,48)(H,43,55)(H,44,47)(H,50,51);2-5H2,1H3;4H,1-3H3;2H,1H3. The summed E-state index contributed by atoms with van der Waals surface area (Å²) in [6, 6.07) is -4.86. The van der Waals surface area contributed by atoms with E-state index in [1.54, 1.807) is 11.9 Å². The molecule has 2 aliphatic heterocycles. The van der Waals surface area contributed by atoms with Crippen molar-refractivity contribution in [3.8, 4) is 0 Å². The number of aliphatic hydroxyl groups is 1. The van der Waals surface area contributed by atoms with Crippen LogP contribution in [0.25, 0.3) is 0 Å². The van der Waals surface area contributed by atoms with Gasteiger partial charge in [0, 0.05) is 20.2 Å². The average Bonchev–Trinajstić information content (AvgIpc) is 3.84. The fourth-order valence-electron chi connectivity index (χ4n) is 7.41. The third-order valence-corrected chi connectivity index (χ3v) is 10.9. The minimum absolute atomic E-state index is 0.0521. The average molecular weight is 956 g/mol. The summed E-state index contributed by atoms with van der Waals surface area (Å²) in [5, 5.41) is 36.7. The van der Waals surface area contributed by atoms with Gasteiger partial charge in [0.1, 0.15) is 36.8 Å². The first-order valence-electron chi connectivity index (χ1n) is 23.8. The van der Waals surface area contributed by atoms with E-state index < -0.39 is 103 Å². The topological polar surface area (TPSA) is 337 Å². The number of carbonyl (C=O) groups is 9. The van der Waals surface area contributed by atoms with E-state index in [1.165, 1.54) is 17.9 Å². The van der Waals surface area contributed by atoms with Gasteiger partial charge in [-0.25, -0.2) is 5.01 Å². The molecule has 0 bridgehead atoms. The molecule has 0 radical (unpaired) electrons. The van der Waals surface area contributed by atoms with Crippen molar-refractivity contribution in [2.45, 2.75) is 156 Å². The summed E-state index contributed by atoms with van der Waals surface area (Å²) in [6.45, 7) is 15.4. The van der Waals surface area contributed by atoms with Gasteiger partial charge in [-0.15, -0.1) is 0 Å². The summed E-state index contributed by atoms with van der Waals surface area (Å²) in [6.07, 6.45) is 8.66. The van der Waals surface area contributed by atoms with Crippen LogP contribution < -0.4 is 48.7 Å². The predicted octanol–water partition coefficient (Wildman–Crippen LogP) is -0.772. The van der Waals surface area contributed by atoms with Gasteiger partial charge in [0.2, 0.25) is 41.4 Å². The van der Waals surface area contributed by atoms with Crippen LogP contribution in [0.15, 0.2) is 0 Å². The summed E-state index contributed by atoms with van der Waals surface area (Å²) < 4.78 is 0. The van der Waals surface area contributed by atoms with E-state index in [0.717, 1.165) is 51.7 Å². The third kappa shape index (κ3) is 24.6. The molecular weight excluding hydrogens is 871 g/mol. The molecule has 2 heterocycles. The van der Waals surface area contributed by atoms with Crippen LogP contribution in [0.2, 0.25) is 0 Å². The first-order chi connectivity index (χ1) is 31.7. The molecule has 2 saturated heterocycles. The second kappa shape index (κ2) is 34.4. The SMILES string of the molecule is CC(C)C.CCC(C)C(NC(=O)CN)C(=O)NC1CN2CCC(C(=O)NCC(=O)NC(CC(C)C)C(=O)NCC(=O)NC(CC3CCCCC3)C(=O)NCC(=O)O)N2C1=O.CCCCN.CO. The highest BCUT2D eigenvalue weighted by molar-refractivity contribution is 5.97. The lowest BCUT2D eigenvalue weighted by Gasteiger charge is -2.26. The van der Waals surface area contributed by atoms with Crippen molar-refractivity contribution in [3.63, 3.8) is 0 Å². The number of amides is 8. The fraction of sp³-hybridized carbons (Fsp3) is 0.800. The second-order valence-corrected chi connectivity index (χ2v) is 18.1. The largest absolute Gasteiger partial charge is 0.480 e. The molecule has 0 aromatic rings. The molecule has 3 aliphatic rings. The maximum absolute atomic E-state index is 13.4. The number of nitrogens with zero attached hydrogens (tertiary/aromatic N) is 2. The Kier molecular flexibility index (Phi) is 31.8. The first-order valence-corrected chi connectivity index (χ1v) is 23.8. The first kappa shape index (κ1) is 62.1. The Balaban J connectivity index is 0.00000356. The van der Waals surface area contributed by atoms with Crippen LogP contribution in [-0.4, -0.2) is 157 Å². The van der Waals surface area contributed by atoms with Crippen molar-refractivity contribution in [3.05, 3.63) is 0 Å². The van der Waals surface area contributed by atoms with Crippen molar-refractivity contribution in [2.75, 3.05) is 52.9 Å². The van der Waals surface area contributed by atoms with Crippen molar-refractivity contribution in [1.82, 2.24) is 47.2 Å². The lowest BCUT2D eigenvalue weighted by atomic mass is 9.84. The van der Waals surface area contributed by atoms with Crippen LogP contribution in [0.5, 0.6) is 0 Å². The van der Waals surface area contributed by atoms with Crippen LogP contribution in [-0.2, 0) is 43.2 Å². The predicted molar refractivity (Wildman–Crippen MR) is 253 cm³/mol. The molecule has 13 N–H and O–H groups in total. The third-order valence-electron chi connectivity index (χ3n) is 10.9. The number of nitrogens with two attached hydrogens (primary N) is 2.